The molecule has 3 rings (SSSR count). The van der Waals surface area contributed by atoms with E-state index in [1.165, 1.54) is 6.21 Å². The van der Waals surface area contributed by atoms with Crippen LogP contribution in [0.25, 0.3) is 11.0 Å². The van der Waals surface area contributed by atoms with Crippen LogP contribution in [0, 0.1) is 0 Å². The minimum atomic E-state index is -0.442. The fourth-order valence-corrected chi connectivity index (χ4v) is 2.79. The second-order valence-electron chi connectivity index (χ2n) is 6.30. The number of para-hydroxylation sites is 1. The molecule has 154 valence electrons. The number of rotatable bonds is 9. The van der Waals surface area contributed by atoms with Crippen LogP contribution in [0.15, 0.2) is 70.7 Å². The number of hydrazone groups is 1. The van der Waals surface area contributed by atoms with Crippen LogP contribution >= 0.6 is 0 Å². The molecule has 2 aromatic carbocycles. The number of allylic oxidation sites excluding steroid dienone is 1. The summed E-state index contributed by atoms with van der Waals surface area (Å²) in [6.07, 6.45) is 3.80. The molecule has 0 unspecified atom stereocenters. The molecule has 0 radical (unpaired) electrons. The van der Waals surface area contributed by atoms with Gasteiger partial charge in [0, 0.05) is 5.39 Å². The van der Waals surface area contributed by atoms with Gasteiger partial charge in [-0.15, -0.1) is 6.58 Å². The van der Waals surface area contributed by atoms with E-state index in [0.29, 0.717) is 24.4 Å². The number of benzene rings is 2. The molecule has 0 aliphatic carbocycles. The summed E-state index contributed by atoms with van der Waals surface area (Å²) < 4.78 is 15.9. The monoisotopic (exact) mass is 406 g/mol. The zero-order valence-electron chi connectivity index (χ0n) is 16.6. The van der Waals surface area contributed by atoms with E-state index < -0.39 is 11.9 Å². The van der Waals surface area contributed by atoms with Crippen molar-refractivity contribution >= 4 is 29.1 Å². The minimum Gasteiger partial charge on any atom is -0.482 e. The van der Waals surface area contributed by atoms with Crippen molar-refractivity contribution in [3.8, 4) is 5.75 Å². The van der Waals surface area contributed by atoms with Crippen molar-refractivity contribution in [3.05, 3.63) is 78.1 Å². The lowest BCUT2D eigenvalue weighted by atomic mass is 10.1. The summed E-state index contributed by atoms with van der Waals surface area (Å²) >= 11 is 0. The molecule has 1 amide bonds. The molecule has 0 aliphatic rings. The van der Waals surface area contributed by atoms with Crippen LogP contribution in [-0.2, 0) is 16.0 Å². The van der Waals surface area contributed by atoms with E-state index in [4.69, 9.17) is 13.9 Å². The fraction of sp³-hybridized carbons (Fsp3) is 0.174. The molecule has 7 heteroatoms. The summed E-state index contributed by atoms with van der Waals surface area (Å²) in [5, 5.41) is 4.84. The van der Waals surface area contributed by atoms with Crippen molar-refractivity contribution in [1.82, 2.24) is 5.43 Å². The normalized spacial score (nSPS) is 10.8. The number of nitrogens with zero attached hydrogens (tertiary/aromatic N) is 1. The quantitative estimate of drug-likeness (QED) is 0.252. The van der Waals surface area contributed by atoms with Crippen molar-refractivity contribution in [2.75, 3.05) is 13.2 Å². The number of nitrogens with one attached hydrogen (secondary N) is 1. The first-order valence-electron chi connectivity index (χ1n) is 9.45. The average molecular weight is 406 g/mol. The van der Waals surface area contributed by atoms with Gasteiger partial charge in [-0.05, 0) is 54.8 Å². The van der Waals surface area contributed by atoms with Crippen molar-refractivity contribution in [1.29, 1.82) is 0 Å². The molecule has 1 heterocycles. The Kier molecular flexibility index (Phi) is 7.00. The first kappa shape index (κ1) is 20.9. The first-order valence-corrected chi connectivity index (χ1v) is 9.45. The van der Waals surface area contributed by atoms with Gasteiger partial charge in [-0.25, -0.2) is 10.2 Å². The van der Waals surface area contributed by atoms with E-state index in [1.807, 2.05) is 24.3 Å². The molecule has 30 heavy (non-hydrogen) atoms. The van der Waals surface area contributed by atoms with Crippen molar-refractivity contribution < 1.29 is 23.5 Å². The highest BCUT2D eigenvalue weighted by atomic mass is 16.6. The van der Waals surface area contributed by atoms with Crippen molar-refractivity contribution in [2.24, 2.45) is 5.10 Å². The van der Waals surface area contributed by atoms with Crippen molar-refractivity contribution in [2.45, 2.75) is 13.3 Å². The molecule has 0 aliphatic heterocycles. The van der Waals surface area contributed by atoms with E-state index in [1.54, 1.807) is 37.3 Å². The molecule has 0 bridgehead atoms. The van der Waals surface area contributed by atoms with Gasteiger partial charge in [-0.2, -0.15) is 5.10 Å². The van der Waals surface area contributed by atoms with Crippen LogP contribution in [0.3, 0.4) is 0 Å². The van der Waals surface area contributed by atoms with Crippen LogP contribution in [0.4, 0.5) is 0 Å². The Balaban J connectivity index is 1.65. The Hall–Kier alpha value is -3.87. The van der Waals surface area contributed by atoms with Gasteiger partial charge in [0.05, 0.1) is 12.8 Å². The summed E-state index contributed by atoms with van der Waals surface area (Å²) in [5.41, 5.74) is 4.68. The van der Waals surface area contributed by atoms with Crippen LogP contribution in [0.5, 0.6) is 5.75 Å². The van der Waals surface area contributed by atoms with Crippen LogP contribution < -0.4 is 10.2 Å². The zero-order valence-corrected chi connectivity index (χ0v) is 16.6. The molecular formula is C23H22N2O5. The van der Waals surface area contributed by atoms with Gasteiger partial charge in [-0.3, -0.25) is 4.79 Å². The molecule has 1 N–H and O–H groups in total. The van der Waals surface area contributed by atoms with E-state index in [9.17, 15) is 9.59 Å². The third kappa shape index (κ3) is 5.35. The summed E-state index contributed by atoms with van der Waals surface area (Å²) in [6.45, 7) is 5.61. The summed E-state index contributed by atoms with van der Waals surface area (Å²) in [4.78, 5) is 23.7. The Bertz CT molecular complexity index is 1050. The highest BCUT2D eigenvalue weighted by molar-refractivity contribution is 5.96. The highest BCUT2D eigenvalue weighted by Gasteiger charge is 2.11. The first-order chi connectivity index (χ1) is 14.6. The highest BCUT2D eigenvalue weighted by Crippen LogP contribution is 2.21. The molecule has 0 saturated carbocycles. The number of carbonyl (C=O) groups excluding carboxylic acids is 2. The van der Waals surface area contributed by atoms with Gasteiger partial charge < -0.3 is 13.9 Å². The fourth-order valence-electron chi connectivity index (χ4n) is 2.79. The van der Waals surface area contributed by atoms with Gasteiger partial charge in [0.1, 0.15) is 11.3 Å². The molecule has 0 atom stereocenters. The summed E-state index contributed by atoms with van der Waals surface area (Å²) in [5.74, 6) is -0.126. The van der Waals surface area contributed by atoms with E-state index in [-0.39, 0.29) is 12.4 Å². The number of ether oxygens (including phenoxy) is 2. The van der Waals surface area contributed by atoms with E-state index in [2.05, 4.69) is 17.1 Å². The standard InChI is InChI=1S/C23H22N2O5/c1-3-7-17-12-16(10-11-19(17)29-15-22(26)28-4-2)14-24-25-23(27)21-13-18-8-5-6-9-20(18)30-21/h3,5-6,8-14H,1,4,7,15H2,2H3,(H,25,27)/b24-14+. The summed E-state index contributed by atoms with van der Waals surface area (Å²) in [6, 6.07) is 14.4. The molecule has 0 spiro atoms. The van der Waals surface area contributed by atoms with Gasteiger partial charge >= 0.3 is 11.9 Å². The molecule has 0 saturated heterocycles. The van der Waals surface area contributed by atoms with Crippen molar-refractivity contribution in [3.63, 3.8) is 0 Å². The topological polar surface area (TPSA) is 90.1 Å². The predicted octanol–water partition coefficient (Wildman–Crippen LogP) is 3.87. The molecule has 3 aromatic rings. The van der Waals surface area contributed by atoms with Gasteiger partial charge in [0.15, 0.2) is 12.4 Å². The SMILES string of the molecule is C=CCc1cc(/C=N/NC(=O)c2cc3ccccc3o2)ccc1OCC(=O)OCC. The molecule has 0 fully saturated rings. The second kappa shape index (κ2) is 10.1. The number of amides is 1. The molecule has 1 aromatic heterocycles. The lowest BCUT2D eigenvalue weighted by molar-refractivity contribution is -0.145. The Labute approximate surface area is 174 Å². The number of fused-ring (bicyclic) bond motifs is 1. The number of furan rings is 1. The Morgan fingerprint density at radius 3 is 2.80 bits per heavy atom. The predicted molar refractivity (Wildman–Crippen MR) is 114 cm³/mol. The van der Waals surface area contributed by atoms with Gasteiger partial charge in [0.25, 0.3) is 0 Å². The Morgan fingerprint density at radius 1 is 1.20 bits per heavy atom. The maximum Gasteiger partial charge on any atom is 0.344 e. The van der Waals surface area contributed by atoms with E-state index in [0.717, 1.165) is 16.5 Å². The molecular weight excluding hydrogens is 384 g/mol. The summed E-state index contributed by atoms with van der Waals surface area (Å²) in [7, 11) is 0. The van der Waals surface area contributed by atoms with Crippen LogP contribution in [0.2, 0.25) is 0 Å². The third-order valence-electron chi connectivity index (χ3n) is 4.13. The van der Waals surface area contributed by atoms with Crippen LogP contribution in [-0.4, -0.2) is 31.3 Å². The molecule has 7 nitrogen and oxygen atoms in total. The zero-order chi connectivity index (χ0) is 21.3. The lowest BCUT2D eigenvalue weighted by Gasteiger charge is -2.10. The van der Waals surface area contributed by atoms with Gasteiger partial charge in [-0.1, -0.05) is 24.3 Å². The maximum absolute atomic E-state index is 12.2. The number of esters is 1. The second-order valence-corrected chi connectivity index (χ2v) is 6.30. The number of hydrogen-bond acceptors (Lipinski definition) is 6. The maximum atomic E-state index is 12.2. The third-order valence-corrected chi connectivity index (χ3v) is 4.13. The number of hydrogen-bond donors (Lipinski definition) is 1. The Morgan fingerprint density at radius 2 is 2.03 bits per heavy atom. The van der Waals surface area contributed by atoms with Crippen LogP contribution in [0.1, 0.15) is 28.6 Å². The largest absolute Gasteiger partial charge is 0.482 e. The lowest BCUT2D eigenvalue weighted by Crippen LogP contribution is -2.16. The average Bonchev–Trinajstić information content (AvgIpc) is 3.18. The smallest absolute Gasteiger partial charge is 0.344 e. The van der Waals surface area contributed by atoms with E-state index >= 15 is 0 Å². The minimum absolute atomic E-state index is 0.168. The number of carbonyl (C=O) groups is 2. The van der Waals surface area contributed by atoms with Gasteiger partial charge in [0.2, 0.25) is 0 Å².